The Labute approximate surface area is 201 Å². The highest BCUT2D eigenvalue weighted by molar-refractivity contribution is 5.94. The van der Waals surface area contributed by atoms with E-state index in [0.717, 1.165) is 27.8 Å². The summed E-state index contributed by atoms with van der Waals surface area (Å²) in [6, 6.07) is 20.5. The van der Waals surface area contributed by atoms with Crippen LogP contribution < -0.4 is 4.74 Å². The first-order valence-electron chi connectivity index (χ1n) is 11.1. The standard InChI is InChI=1S/C27H24N4O4/c1-31(16-20-9-6-12-35-20)27(33)25(32)18-8-5-7-17(13-18)19-14-22-24(29-30-26(22)28-15-19)21-10-3-4-11-23(21)34-2/h3-15,25,32H,16H2,1-2H3,(H,28,29,30). The van der Waals surface area contributed by atoms with Crippen LogP contribution in [0.2, 0.25) is 0 Å². The molecule has 0 spiro atoms. The van der Waals surface area contributed by atoms with E-state index in [9.17, 15) is 9.90 Å². The number of hydrogen-bond acceptors (Lipinski definition) is 6. The molecule has 3 aromatic heterocycles. The van der Waals surface area contributed by atoms with E-state index < -0.39 is 12.0 Å². The molecule has 5 rings (SSSR count). The molecule has 0 radical (unpaired) electrons. The quantitative estimate of drug-likeness (QED) is 0.362. The lowest BCUT2D eigenvalue weighted by molar-refractivity contribution is -0.139. The van der Waals surface area contributed by atoms with Crippen LogP contribution in [0.3, 0.4) is 0 Å². The minimum absolute atomic E-state index is 0.273. The average molecular weight is 469 g/mol. The number of fused-ring (bicyclic) bond motifs is 1. The molecule has 1 atom stereocenters. The summed E-state index contributed by atoms with van der Waals surface area (Å²) >= 11 is 0. The molecule has 0 bridgehead atoms. The predicted octanol–water partition coefficient (Wildman–Crippen LogP) is 4.59. The Hall–Kier alpha value is -4.43. The highest BCUT2D eigenvalue weighted by Crippen LogP contribution is 2.34. The maximum Gasteiger partial charge on any atom is 0.256 e. The lowest BCUT2D eigenvalue weighted by Crippen LogP contribution is -2.31. The molecule has 8 nitrogen and oxygen atoms in total. The number of hydrogen-bond donors (Lipinski definition) is 2. The zero-order valence-corrected chi connectivity index (χ0v) is 19.3. The number of aliphatic hydroxyl groups excluding tert-OH is 1. The van der Waals surface area contributed by atoms with Crippen LogP contribution in [0.4, 0.5) is 0 Å². The van der Waals surface area contributed by atoms with Crippen LogP contribution >= 0.6 is 0 Å². The Bertz CT molecular complexity index is 1480. The third-order valence-electron chi connectivity index (χ3n) is 5.90. The number of furan rings is 1. The lowest BCUT2D eigenvalue weighted by atomic mass is 9.99. The molecule has 1 unspecified atom stereocenters. The molecule has 0 saturated heterocycles. The van der Waals surface area contributed by atoms with Crippen molar-refractivity contribution in [2.75, 3.05) is 14.2 Å². The van der Waals surface area contributed by atoms with Crippen LogP contribution in [0.1, 0.15) is 17.4 Å². The summed E-state index contributed by atoms with van der Waals surface area (Å²) in [5.74, 6) is 0.946. The van der Waals surface area contributed by atoms with Crippen molar-refractivity contribution in [2.45, 2.75) is 12.6 Å². The summed E-state index contributed by atoms with van der Waals surface area (Å²) in [6.45, 7) is 0.273. The Balaban J connectivity index is 1.45. The first kappa shape index (κ1) is 22.4. The van der Waals surface area contributed by atoms with Gasteiger partial charge in [0.15, 0.2) is 11.8 Å². The van der Waals surface area contributed by atoms with Crippen molar-refractivity contribution < 1.29 is 19.1 Å². The first-order valence-corrected chi connectivity index (χ1v) is 11.1. The van der Waals surface area contributed by atoms with Gasteiger partial charge < -0.3 is 19.2 Å². The van der Waals surface area contributed by atoms with Gasteiger partial charge in [-0.1, -0.05) is 30.3 Å². The zero-order chi connectivity index (χ0) is 24.4. The molecule has 0 aliphatic heterocycles. The van der Waals surface area contributed by atoms with Crippen LogP contribution in [-0.2, 0) is 11.3 Å². The minimum Gasteiger partial charge on any atom is -0.496 e. The lowest BCUT2D eigenvalue weighted by Gasteiger charge is -2.20. The topological polar surface area (TPSA) is 104 Å². The fraction of sp³-hybridized carbons (Fsp3) is 0.148. The molecule has 0 saturated carbocycles. The SMILES string of the molecule is COc1ccccc1-c1n[nH]c2ncc(-c3cccc(C(O)C(=O)N(C)Cc4ccco4)c3)cc12. The van der Waals surface area contributed by atoms with Gasteiger partial charge in [-0.3, -0.25) is 9.89 Å². The summed E-state index contributed by atoms with van der Waals surface area (Å²) in [4.78, 5) is 18.8. The van der Waals surface area contributed by atoms with Gasteiger partial charge in [0.25, 0.3) is 5.91 Å². The number of benzene rings is 2. The van der Waals surface area contributed by atoms with Crippen molar-refractivity contribution in [1.29, 1.82) is 0 Å². The van der Waals surface area contributed by atoms with Gasteiger partial charge in [-0.25, -0.2) is 4.98 Å². The van der Waals surface area contributed by atoms with Gasteiger partial charge in [-0.15, -0.1) is 0 Å². The largest absolute Gasteiger partial charge is 0.496 e. The van der Waals surface area contributed by atoms with Crippen LogP contribution in [0.25, 0.3) is 33.4 Å². The number of H-pyrrole nitrogens is 1. The number of carbonyl (C=O) groups excluding carboxylic acids is 1. The van der Waals surface area contributed by atoms with Crippen LogP contribution in [0.5, 0.6) is 5.75 Å². The van der Waals surface area contributed by atoms with Crippen LogP contribution in [-0.4, -0.2) is 45.3 Å². The van der Waals surface area contributed by atoms with E-state index in [-0.39, 0.29) is 6.54 Å². The Morgan fingerprint density at radius 2 is 1.97 bits per heavy atom. The fourth-order valence-electron chi connectivity index (χ4n) is 4.06. The number of aromatic nitrogens is 3. The molecular weight excluding hydrogens is 444 g/mol. The molecule has 35 heavy (non-hydrogen) atoms. The van der Waals surface area contributed by atoms with Gasteiger partial charge >= 0.3 is 0 Å². The second-order valence-electron chi connectivity index (χ2n) is 8.19. The van der Waals surface area contributed by atoms with Crippen molar-refractivity contribution in [3.05, 3.63) is 90.5 Å². The highest BCUT2D eigenvalue weighted by Gasteiger charge is 2.22. The molecule has 5 aromatic rings. The number of carbonyl (C=O) groups is 1. The van der Waals surface area contributed by atoms with Crippen molar-refractivity contribution in [1.82, 2.24) is 20.1 Å². The molecular formula is C27H24N4O4. The summed E-state index contributed by atoms with van der Waals surface area (Å²) in [6.07, 6.45) is 1.99. The minimum atomic E-state index is -1.30. The van der Waals surface area contributed by atoms with Gasteiger partial charge in [-0.05, 0) is 47.5 Å². The maximum atomic E-state index is 12.8. The average Bonchev–Trinajstić information content (AvgIpc) is 3.57. The Morgan fingerprint density at radius 3 is 2.77 bits per heavy atom. The molecule has 176 valence electrons. The molecule has 0 aliphatic carbocycles. The summed E-state index contributed by atoms with van der Waals surface area (Å²) in [5, 5.41) is 19.1. The van der Waals surface area contributed by atoms with Crippen LogP contribution in [0, 0.1) is 0 Å². The number of aromatic amines is 1. The predicted molar refractivity (Wildman–Crippen MR) is 131 cm³/mol. The van der Waals surface area contributed by atoms with Gasteiger partial charge in [-0.2, -0.15) is 5.10 Å². The molecule has 2 aromatic carbocycles. The molecule has 3 heterocycles. The third-order valence-corrected chi connectivity index (χ3v) is 5.90. The Kier molecular flexibility index (Phi) is 6.03. The van der Waals surface area contributed by atoms with Crippen molar-refractivity contribution in [2.24, 2.45) is 0 Å². The van der Waals surface area contributed by atoms with Gasteiger partial charge in [0, 0.05) is 29.8 Å². The van der Waals surface area contributed by atoms with Crippen molar-refractivity contribution >= 4 is 16.9 Å². The molecule has 1 amide bonds. The first-order chi connectivity index (χ1) is 17.0. The number of nitrogens with one attached hydrogen (secondary N) is 1. The zero-order valence-electron chi connectivity index (χ0n) is 19.3. The number of pyridine rings is 1. The smallest absolute Gasteiger partial charge is 0.256 e. The Morgan fingerprint density at radius 1 is 1.11 bits per heavy atom. The number of aliphatic hydroxyl groups is 1. The van der Waals surface area contributed by atoms with Gasteiger partial charge in [0.2, 0.25) is 0 Å². The van der Waals surface area contributed by atoms with Crippen molar-refractivity contribution in [3.63, 3.8) is 0 Å². The van der Waals surface area contributed by atoms with E-state index in [4.69, 9.17) is 9.15 Å². The second-order valence-corrected chi connectivity index (χ2v) is 8.19. The maximum absolute atomic E-state index is 12.8. The number of methoxy groups -OCH3 is 1. The van der Waals surface area contributed by atoms with E-state index in [2.05, 4.69) is 15.2 Å². The van der Waals surface area contributed by atoms with E-state index in [1.54, 1.807) is 50.9 Å². The fourth-order valence-corrected chi connectivity index (χ4v) is 4.06. The normalized spacial score (nSPS) is 12.0. The monoisotopic (exact) mass is 468 g/mol. The highest BCUT2D eigenvalue weighted by atomic mass is 16.5. The molecule has 0 fully saturated rings. The summed E-state index contributed by atoms with van der Waals surface area (Å²) in [5.41, 5.74) is 4.40. The van der Waals surface area contributed by atoms with E-state index in [1.807, 2.05) is 42.5 Å². The number of rotatable bonds is 7. The molecule has 2 N–H and O–H groups in total. The van der Waals surface area contributed by atoms with E-state index >= 15 is 0 Å². The number of amides is 1. The molecule has 0 aliphatic rings. The van der Waals surface area contributed by atoms with E-state index in [0.29, 0.717) is 22.7 Å². The third kappa shape index (κ3) is 4.39. The van der Waals surface area contributed by atoms with Gasteiger partial charge in [0.05, 0.1) is 19.9 Å². The van der Waals surface area contributed by atoms with Crippen LogP contribution in [0.15, 0.2) is 83.6 Å². The molecule has 8 heteroatoms. The summed E-state index contributed by atoms with van der Waals surface area (Å²) < 4.78 is 10.8. The van der Waals surface area contributed by atoms with E-state index in [1.165, 1.54) is 4.90 Å². The number of nitrogens with zero attached hydrogens (tertiary/aromatic N) is 3. The second kappa shape index (κ2) is 9.44. The van der Waals surface area contributed by atoms with Gasteiger partial charge in [0.1, 0.15) is 17.2 Å². The number of likely N-dealkylation sites (N-methyl/N-ethyl adjacent to an activating group) is 1. The number of ether oxygens (including phenoxy) is 1. The number of para-hydroxylation sites is 1. The summed E-state index contributed by atoms with van der Waals surface area (Å²) in [7, 11) is 3.26. The van der Waals surface area contributed by atoms with Crippen molar-refractivity contribution in [3.8, 4) is 28.1 Å².